The van der Waals surface area contributed by atoms with Crippen LogP contribution in [0.4, 0.5) is 5.69 Å². The normalized spacial score (nSPS) is 16.8. The van der Waals surface area contributed by atoms with Gasteiger partial charge in [0.25, 0.3) is 11.8 Å². The van der Waals surface area contributed by atoms with Gasteiger partial charge in [0.15, 0.2) is 0 Å². The van der Waals surface area contributed by atoms with Crippen molar-refractivity contribution in [2.75, 3.05) is 37.6 Å². The summed E-state index contributed by atoms with van der Waals surface area (Å²) in [6.07, 6.45) is 4.33. The number of hydrogen-bond acceptors (Lipinski definition) is 7. The molecule has 1 aromatic heterocycles. The monoisotopic (exact) mass is 443 g/mol. The van der Waals surface area contributed by atoms with Crippen LogP contribution < -0.4 is 4.90 Å². The van der Waals surface area contributed by atoms with Crippen molar-refractivity contribution in [3.05, 3.63) is 82.7 Å². The van der Waals surface area contributed by atoms with Crippen LogP contribution in [0, 0.1) is 6.92 Å². The molecule has 5 rings (SSSR count). The quantitative estimate of drug-likeness (QED) is 0.542. The Morgan fingerprint density at radius 1 is 0.939 bits per heavy atom. The summed E-state index contributed by atoms with van der Waals surface area (Å²) in [6.45, 7) is 6.04. The van der Waals surface area contributed by atoms with E-state index in [1.165, 1.54) is 10.5 Å². The van der Waals surface area contributed by atoms with E-state index in [9.17, 15) is 9.59 Å². The molecule has 3 heterocycles. The number of aromatic nitrogens is 2. The lowest BCUT2D eigenvalue weighted by Crippen LogP contribution is -2.46. The fourth-order valence-corrected chi connectivity index (χ4v) is 4.34. The molecular weight excluding hydrogens is 418 g/mol. The Balaban J connectivity index is 1.26. The molecule has 0 saturated carbocycles. The fraction of sp³-hybridized carbons (Fsp3) is 0.280. The minimum absolute atomic E-state index is 0.0582. The van der Waals surface area contributed by atoms with E-state index in [0.29, 0.717) is 22.5 Å². The molecule has 0 aliphatic carbocycles. The maximum Gasteiger partial charge on any atom is 0.264 e. The highest BCUT2D eigenvalue weighted by atomic mass is 16.6. The lowest BCUT2D eigenvalue weighted by Gasteiger charge is -2.36. The van der Waals surface area contributed by atoms with Gasteiger partial charge in [0.1, 0.15) is 11.4 Å². The number of fused-ring (bicyclic) bond motifs is 1. The molecule has 0 atom stereocenters. The Bertz CT molecular complexity index is 1200. The van der Waals surface area contributed by atoms with Gasteiger partial charge in [0.05, 0.1) is 23.4 Å². The number of aryl methyl sites for hydroxylation is 1. The van der Waals surface area contributed by atoms with Crippen molar-refractivity contribution in [2.24, 2.45) is 0 Å². The molecule has 1 saturated heterocycles. The Labute approximate surface area is 192 Å². The summed E-state index contributed by atoms with van der Waals surface area (Å²) in [5.41, 5.74) is 4.00. The van der Waals surface area contributed by atoms with Crippen LogP contribution in [0.25, 0.3) is 6.08 Å². The topological polar surface area (TPSA) is 82.8 Å². The number of imide groups is 1. The van der Waals surface area contributed by atoms with Crippen LogP contribution in [-0.4, -0.2) is 64.7 Å². The van der Waals surface area contributed by atoms with E-state index >= 15 is 0 Å². The zero-order valence-corrected chi connectivity index (χ0v) is 18.5. The van der Waals surface area contributed by atoms with Gasteiger partial charge in [-0.25, -0.2) is 4.63 Å². The summed E-state index contributed by atoms with van der Waals surface area (Å²) < 4.78 is 4.72. The zero-order valence-electron chi connectivity index (χ0n) is 18.5. The third kappa shape index (κ3) is 4.17. The SMILES string of the molecule is Cc1nonc1CN1C(=O)c2cccc(N3CCN(C/C=C/c4ccccc4)CC3)c2C1=O. The first-order valence-electron chi connectivity index (χ1n) is 11.1. The number of carbonyl (C=O) groups is 2. The number of anilines is 1. The number of rotatable bonds is 6. The Hall–Kier alpha value is -3.78. The van der Waals surface area contributed by atoms with E-state index in [1.807, 2.05) is 30.3 Å². The molecule has 2 aromatic carbocycles. The van der Waals surface area contributed by atoms with E-state index in [1.54, 1.807) is 13.0 Å². The maximum atomic E-state index is 13.2. The van der Waals surface area contributed by atoms with Gasteiger partial charge >= 0.3 is 0 Å². The van der Waals surface area contributed by atoms with Crippen LogP contribution in [0.3, 0.4) is 0 Å². The summed E-state index contributed by atoms with van der Waals surface area (Å²) in [5, 5.41) is 7.56. The second-order valence-corrected chi connectivity index (χ2v) is 8.29. The molecule has 2 aliphatic heterocycles. The van der Waals surface area contributed by atoms with Gasteiger partial charge in [-0.15, -0.1) is 0 Å². The van der Waals surface area contributed by atoms with Gasteiger partial charge in [0.2, 0.25) is 0 Å². The van der Waals surface area contributed by atoms with Crippen molar-refractivity contribution in [2.45, 2.75) is 13.5 Å². The molecule has 0 spiro atoms. The highest BCUT2D eigenvalue weighted by Gasteiger charge is 2.39. The predicted molar refractivity (Wildman–Crippen MR) is 124 cm³/mol. The number of amides is 2. The third-order valence-electron chi connectivity index (χ3n) is 6.22. The summed E-state index contributed by atoms with van der Waals surface area (Å²) in [5.74, 6) is -0.592. The van der Waals surface area contributed by atoms with Crippen molar-refractivity contribution in [3.63, 3.8) is 0 Å². The molecule has 0 N–H and O–H groups in total. The first-order chi connectivity index (χ1) is 16.1. The van der Waals surface area contributed by atoms with Crippen LogP contribution in [0.1, 0.15) is 37.7 Å². The van der Waals surface area contributed by atoms with E-state index in [0.717, 1.165) is 38.4 Å². The molecule has 0 bridgehead atoms. The number of hydrogen-bond donors (Lipinski definition) is 0. The minimum atomic E-state index is -0.302. The van der Waals surface area contributed by atoms with E-state index in [-0.39, 0.29) is 18.4 Å². The number of carbonyl (C=O) groups excluding carboxylic acids is 2. The van der Waals surface area contributed by atoms with Crippen LogP contribution in [0.15, 0.2) is 59.2 Å². The van der Waals surface area contributed by atoms with Crippen molar-refractivity contribution in [1.29, 1.82) is 0 Å². The van der Waals surface area contributed by atoms with Gasteiger partial charge in [-0.2, -0.15) is 0 Å². The number of benzene rings is 2. The van der Waals surface area contributed by atoms with E-state index < -0.39 is 0 Å². The van der Waals surface area contributed by atoms with Gasteiger partial charge in [-0.3, -0.25) is 19.4 Å². The molecular formula is C25H25N5O3. The fourth-order valence-electron chi connectivity index (χ4n) is 4.34. The van der Waals surface area contributed by atoms with Crippen LogP contribution in [0.2, 0.25) is 0 Å². The van der Waals surface area contributed by atoms with Crippen LogP contribution in [0.5, 0.6) is 0 Å². The first kappa shape index (κ1) is 21.1. The summed E-state index contributed by atoms with van der Waals surface area (Å²) >= 11 is 0. The third-order valence-corrected chi connectivity index (χ3v) is 6.22. The number of piperazine rings is 1. The van der Waals surface area contributed by atoms with Crippen LogP contribution >= 0.6 is 0 Å². The average Bonchev–Trinajstić information content (AvgIpc) is 3.36. The lowest BCUT2D eigenvalue weighted by molar-refractivity contribution is 0.0639. The van der Waals surface area contributed by atoms with Crippen molar-refractivity contribution in [3.8, 4) is 0 Å². The Morgan fingerprint density at radius 3 is 2.45 bits per heavy atom. The van der Waals surface area contributed by atoms with Crippen molar-refractivity contribution >= 4 is 23.6 Å². The highest BCUT2D eigenvalue weighted by molar-refractivity contribution is 6.23. The smallest absolute Gasteiger partial charge is 0.264 e. The summed E-state index contributed by atoms with van der Waals surface area (Å²) in [4.78, 5) is 32.0. The Morgan fingerprint density at radius 2 is 1.73 bits per heavy atom. The van der Waals surface area contributed by atoms with Gasteiger partial charge in [0, 0.05) is 32.7 Å². The molecule has 8 heteroatoms. The largest absolute Gasteiger partial charge is 0.368 e. The molecule has 8 nitrogen and oxygen atoms in total. The summed E-state index contributed by atoms with van der Waals surface area (Å²) in [7, 11) is 0. The Kier molecular flexibility index (Phi) is 5.75. The molecule has 168 valence electrons. The van der Waals surface area contributed by atoms with Gasteiger partial charge < -0.3 is 4.90 Å². The van der Waals surface area contributed by atoms with E-state index in [4.69, 9.17) is 4.63 Å². The summed E-state index contributed by atoms with van der Waals surface area (Å²) in [6, 6.07) is 15.8. The zero-order chi connectivity index (χ0) is 22.8. The predicted octanol–water partition coefficient (Wildman–Crippen LogP) is 3.01. The molecule has 1 fully saturated rings. The molecule has 3 aromatic rings. The molecule has 33 heavy (non-hydrogen) atoms. The average molecular weight is 444 g/mol. The molecule has 0 radical (unpaired) electrons. The van der Waals surface area contributed by atoms with Crippen molar-refractivity contribution in [1.82, 2.24) is 20.1 Å². The molecule has 2 aliphatic rings. The second kappa shape index (κ2) is 8.99. The molecule has 2 amide bonds. The number of nitrogens with zero attached hydrogens (tertiary/aromatic N) is 5. The highest BCUT2D eigenvalue weighted by Crippen LogP contribution is 2.33. The second-order valence-electron chi connectivity index (χ2n) is 8.29. The maximum absolute atomic E-state index is 13.2. The lowest BCUT2D eigenvalue weighted by atomic mass is 10.1. The van der Waals surface area contributed by atoms with Gasteiger partial charge in [-0.05, 0) is 24.6 Å². The van der Waals surface area contributed by atoms with Crippen molar-refractivity contribution < 1.29 is 14.2 Å². The van der Waals surface area contributed by atoms with E-state index in [2.05, 4.69) is 44.4 Å². The molecule has 0 unspecified atom stereocenters. The first-order valence-corrected chi connectivity index (χ1v) is 11.1. The minimum Gasteiger partial charge on any atom is -0.368 e. The standard InChI is InChI=1S/C25H25N5O3/c1-18-21(27-33-26-18)17-30-24(31)20-10-5-11-22(23(20)25(30)32)29-15-13-28(14-16-29)12-6-9-19-7-3-2-4-8-19/h2-11H,12-17H2,1H3/b9-6+. The van der Waals surface area contributed by atoms with Crippen LogP contribution in [-0.2, 0) is 6.54 Å². The van der Waals surface area contributed by atoms with Gasteiger partial charge in [-0.1, -0.05) is 58.9 Å².